The molecule has 0 saturated heterocycles. The Morgan fingerprint density at radius 3 is 2.11 bits per heavy atom. The van der Waals surface area contributed by atoms with Gasteiger partial charge < -0.3 is 10.2 Å². The number of amides is 2. The Hall–Kier alpha value is -2.00. The number of unbranched alkanes of at least 4 members (excludes halogenated alkanes) is 1. The minimum absolute atomic E-state index is 0.0723. The van der Waals surface area contributed by atoms with E-state index in [-0.39, 0.29) is 23.2 Å². The van der Waals surface area contributed by atoms with E-state index in [1.165, 1.54) is 17.0 Å². The summed E-state index contributed by atoms with van der Waals surface area (Å²) in [6.07, 6.45) is 2.99. The molecule has 2 amide bonds. The van der Waals surface area contributed by atoms with E-state index in [1.807, 2.05) is 6.92 Å². The van der Waals surface area contributed by atoms with Crippen molar-refractivity contribution < 1.29 is 18.0 Å². The molecule has 0 bridgehead atoms. The van der Waals surface area contributed by atoms with Crippen LogP contribution in [-0.4, -0.2) is 50.5 Å². The van der Waals surface area contributed by atoms with Crippen LogP contribution in [0.15, 0.2) is 42.5 Å². The van der Waals surface area contributed by atoms with Crippen LogP contribution in [0.1, 0.15) is 38.7 Å². The predicted octanol–water partition coefficient (Wildman–Crippen LogP) is 5.14. The molecule has 0 unspecified atom stereocenters. The molecular weight excluding hydrogens is 533 g/mol. The van der Waals surface area contributed by atoms with Gasteiger partial charge in [0.15, 0.2) is 0 Å². The van der Waals surface area contributed by atoms with Crippen molar-refractivity contribution >= 4 is 62.3 Å². The topological polar surface area (TPSA) is 86.8 Å². The molecular formula is C24H30Cl3N3O4S. The normalized spacial score (nSPS) is 12.2. The van der Waals surface area contributed by atoms with Crippen molar-refractivity contribution in [3.63, 3.8) is 0 Å². The van der Waals surface area contributed by atoms with Gasteiger partial charge in [-0.25, -0.2) is 8.42 Å². The average molecular weight is 563 g/mol. The lowest BCUT2D eigenvalue weighted by Crippen LogP contribution is -2.52. The Bertz CT molecular complexity index is 1120. The summed E-state index contributed by atoms with van der Waals surface area (Å²) in [5, 5.41) is 3.71. The second-order valence-electron chi connectivity index (χ2n) is 8.01. The molecule has 1 N–H and O–H groups in total. The van der Waals surface area contributed by atoms with Crippen LogP contribution in [0.25, 0.3) is 0 Å². The summed E-state index contributed by atoms with van der Waals surface area (Å²) < 4.78 is 26.2. The standard InChI is InChI=1S/C24H30Cl3N3O4S/c1-4-6-14-28-24(32)21(5-2)29(15-17-18(25)11-9-12-19(17)26)23(31)16-30(35(3,33)34)22-13-8-7-10-20(22)27/h7-13,21H,4-6,14-16H2,1-3H3,(H,28,32)/t21-/m0/s1. The highest BCUT2D eigenvalue weighted by Crippen LogP contribution is 2.29. The number of sulfonamides is 1. The van der Waals surface area contributed by atoms with Crippen molar-refractivity contribution in [3.8, 4) is 0 Å². The minimum atomic E-state index is -3.88. The molecule has 192 valence electrons. The van der Waals surface area contributed by atoms with Gasteiger partial charge >= 0.3 is 0 Å². The molecule has 0 saturated carbocycles. The maximum atomic E-state index is 13.7. The van der Waals surface area contributed by atoms with Crippen LogP contribution in [0, 0.1) is 0 Å². The van der Waals surface area contributed by atoms with E-state index in [9.17, 15) is 18.0 Å². The molecule has 2 rings (SSSR count). The first kappa shape index (κ1) is 29.2. The fourth-order valence-electron chi connectivity index (χ4n) is 3.53. The van der Waals surface area contributed by atoms with E-state index in [0.717, 1.165) is 23.4 Å². The van der Waals surface area contributed by atoms with Gasteiger partial charge in [0, 0.05) is 28.7 Å². The molecule has 0 aliphatic rings. The smallest absolute Gasteiger partial charge is 0.244 e. The molecule has 7 nitrogen and oxygen atoms in total. The van der Waals surface area contributed by atoms with Crippen molar-refractivity contribution in [2.45, 2.75) is 45.7 Å². The summed E-state index contributed by atoms with van der Waals surface area (Å²) in [5.74, 6) is -0.926. The molecule has 0 fully saturated rings. The highest BCUT2D eigenvalue weighted by Gasteiger charge is 2.32. The lowest BCUT2D eigenvalue weighted by atomic mass is 10.1. The Balaban J connectivity index is 2.48. The van der Waals surface area contributed by atoms with Crippen molar-refractivity contribution in [2.24, 2.45) is 0 Å². The van der Waals surface area contributed by atoms with Crippen molar-refractivity contribution in [2.75, 3.05) is 23.7 Å². The average Bonchev–Trinajstić information content (AvgIpc) is 2.79. The zero-order valence-electron chi connectivity index (χ0n) is 19.9. The fraction of sp³-hybridized carbons (Fsp3) is 0.417. The monoisotopic (exact) mass is 561 g/mol. The number of carbonyl (C=O) groups is 2. The number of nitrogens with zero attached hydrogens (tertiary/aromatic N) is 2. The van der Waals surface area contributed by atoms with E-state index in [0.29, 0.717) is 28.6 Å². The number of nitrogens with one attached hydrogen (secondary N) is 1. The van der Waals surface area contributed by atoms with Crippen molar-refractivity contribution in [1.29, 1.82) is 0 Å². The second-order valence-corrected chi connectivity index (χ2v) is 11.1. The summed E-state index contributed by atoms with van der Waals surface area (Å²) in [6, 6.07) is 10.4. The number of anilines is 1. The quantitative estimate of drug-likeness (QED) is 0.363. The number of hydrogen-bond donors (Lipinski definition) is 1. The molecule has 0 aromatic heterocycles. The zero-order valence-corrected chi connectivity index (χ0v) is 23.0. The molecule has 35 heavy (non-hydrogen) atoms. The number of benzene rings is 2. The third kappa shape index (κ3) is 8.00. The SMILES string of the molecule is CCCCNC(=O)[C@H](CC)N(Cc1c(Cl)cccc1Cl)C(=O)CN(c1ccccc1Cl)S(C)(=O)=O. The van der Waals surface area contributed by atoms with E-state index in [1.54, 1.807) is 37.3 Å². The van der Waals surface area contributed by atoms with Gasteiger partial charge in [0.25, 0.3) is 0 Å². The van der Waals surface area contributed by atoms with Crippen molar-refractivity contribution in [1.82, 2.24) is 10.2 Å². The number of rotatable bonds is 12. The maximum absolute atomic E-state index is 13.7. The number of halogens is 3. The fourth-order valence-corrected chi connectivity index (χ4v) is 5.19. The van der Waals surface area contributed by atoms with E-state index in [2.05, 4.69) is 5.32 Å². The van der Waals surface area contributed by atoms with E-state index in [4.69, 9.17) is 34.8 Å². The Morgan fingerprint density at radius 2 is 1.57 bits per heavy atom. The van der Waals surface area contributed by atoms with Crippen LogP contribution in [0.2, 0.25) is 15.1 Å². The lowest BCUT2D eigenvalue weighted by Gasteiger charge is -2.33. The van der Waals surface area contributed by atoms with Gasteiger partial charge in [0.2, 0.25) is 21.8 Å². The van der Waals surface area contributed by atoms with Crippen molar-refractivity contribution in [3.05, 3.63) is 63.1 Å². The van der Waals surface area contributed by atoms with Gasteiger partial charge in [-0.15, -0.1) is 0 Å². The van der Waals surface area contributed by atoms with Gasteiger partial charge in [0.05, 0.1) is 17.0 Å². The van der Waals surface area contributed by atoms with Gasteiger partial charge in [-0.3, -0.25) is 13.9 Å². The van der Waals surface area contributed by atoms with Crippen LogP contribution >= 0.6 is 34.8 Å². The second kappa shape index (κ2) is 13.3. The molecule has 0 heterocycles. The zero-order chi connectivity index (χ0) is 26.2. The molecule has 2 aromatic rings. The van der Waals surface area contributed by atoms with Crippen LogP contribution in [0.5, 0.6) is 0 Å². The van der Waals surface area contributed by atoms with Crippen LogP contribution in [0.4, 0.5) is 5.69 Å². The molecule has 0 aliphatic heterocycles. The summed E-state index contributed by atoms with van der Waals surface area (Å²) in [6.45, 7) is 3.63. The molecule has 0 aliphatic carbocycles. The summed E-state index contributed by atoms with van der Waals surface area (Å²) >= 11 is 19.0. The lowest BCUT2D eigenvalue weighted by molar-refractivity contribution is -0.140. The molecule has 0 spiro atoms. The highest BCUT2D eigenvalue weighted by molar-refractivity contribution is 7.92. The Labute approximate surface area is 222 Å². The molecule has 2 aromatic carbocycles. The first-order chi connectivity index (χ1) is 16.5. The summed E-state index contributed by atoms with van der Waals surface area (Å²) in [5.41, 5.74) is 0.633. The van der Waals surface area contributed by atoms with Gasteiger partial charge in [-0.1, -0.05) is 73.3 Å². The third-order valence-corrected chi connectivity index (χ3v) is 7.56. The molecule has 0 radical (unpaired) electrons. The Morgan fingerprint density at radius 1 is 0.971 bits per heavy atom. The van der Waals surface area contributed by atoms with Crippen LogP contribution < -0.4 is 9.62 Å². The van der Waals surface area contributed by atoms with Gasteiger partial charge in [-0.2, -0.15) is 0 Å². The Kier molecular flexibility index (Phi) is 11.1. The van der Waals surface area contributed by atoms with E-state index < -0.39 is 28.5 Å². The van der Waals surface area contributed by atoms with E-state index >= 15 is 0 Å². The van der Waals surface area contributed by atoms with Gasteiger partial charge in [0.1, 0.15) is 12.6 Å². The highest BCUT2D eigenvalue weighted by atomic mass is 35.5. The summed E-state index contributed by atoms with van der Waals surface area (Å²) in [4.78, 5) is 28.0. The minimum Gasteiger partial charge on any atom is -0.354 e. The summed E-state index contributed by atoms with van der Waals surface area (Å²) in [7, 11) is -3.88. The van der Waals surface area contributed by atoms with Crippen LogP contribution in [-0.2, 0) is 26.2 Å². The molecule has 1 atom stereocenters. The molecule has 11 heteroatoms. The van der Waals surface area contributed by atoms with Gasteiger partial charge in [-0.05, 0) is 37.1 Å². The first-order valence-electron chi connectivity index (χ1n) is 11.2. The number of para-hydroxylation sites is 1. The van der Waals surface area contributed by atoms with Crippen LogP contribution in [0.3, 0.4) is 0 Å². The maximum Gasteiger partial charge on any atom is 0.244 e. The number of carbonyl (C=O) groups excluding carboxylic acids is 2. The third-order valence-electron chi connectivity index (χ3n) is 5.41. The number of hydrogen-bond acceptors (Lipinski definition) is 4. The predicted molar refractivity (Wildman–Crippen MR) is 143 cm³/mol. The largest absolute Gasteiger partial charge is 0.354 e. The first-order valence-corrected chi connectivity index (χ1v) is 14.2.